The first kappa shape index (κ1) is 12.1. The fourth-order valence-electron chi connectivity index (χ4n) is 1.47. The maximum atomic E-state index is 8.55. The number of oxime groups is 1. The van der Waals surface area contributed by atoms with Crippen molar-refractivity contribution in [2.45, 2.75) is 6.92 Å². The molecule has 0 aliphatic carbocycles. The number of benzene rings is 1. The van der Waals surface area contributed by atoms with Gasteiger partial charge in [-0.15, -0.1) is 0 Å². The molecule has 0 bridgehead atoms. The average Bonchev–Trinajstić information content (AvgIpc) is 2.59. The van der Waals surface area contributed by atoms with Crippen LogP contribution in [0.5, 0.6) is 0 Å². The second-order valence-corrected chi connectivity index (χ2v) is 4.70. The highest BCUT2D eigenvalue weighted by Gasteiger charge is 2.12. The lowest BCUT2D eigenvalue weighted by Crippen LogP contribution is -1.96. The lowest BCUT2D eigenvalue weighted by Gasteiger charge is -2.02. The van der Waals surface area contributed by atoms with E-state index in [0.717, 1.165) is 10.2 Å². The van der Waals surface area contributed by atoms with Crippen LogP contribution >= 0.6 is 27.5 Å². The highest BCUT2D eigenvalue weighted by molar-refractivity contribution is 9.10. The summed E-state index contributed by atoms with van der Waals surface area (Å²) in [5.41, 5.74) is 2.16. The average molecular weight is 315 g/mol. The maximum absolute atomic E-state index is 8.55. The summed E-state index contributed by atoms with van der Waals surface area (Å²) < 4.78 is 2.58. The van der Waals surface area contributed by atoms with Gasteiger partial charge in [0.1, 0.15) is 5.15 Å². The van der Waals surface area contributed by atoms with Crippen LogP contribution in [0.2, 0.25) is 5.15 Å². The van der Waals surface area contributed by atoms with Crippen molar-refractivity contribution in [1.29, 1.82) is 0 Å². The molecule has 0 aliphatic heterocycles. The van der Waals surface area contributed by atoms with Crippen LogP contribution in [0.25, 0.3) is 5.69 Å². The molecule has 1 heterocycles. The Labute approximate surface area is 112 Å². The predicted octanol–water partition coefficient (Wildman–Crippen LogP) is 3.40. The topological polar surface area (TPSA) is 50.4 Å². The van der Waals surface area contributed by atoms with Crippen molar-refractivity contribution in [2.75, 3.05) is 0 Å². The number of hydrogen-bond donors (Lipinski definition) is 1. The first-order valence-electron chi connectivity index (χ1n) is 4.82. The van der Waals surface area contributed by atoms with Crippen LogP contribution in [0.4, 0.5) is 0 Å². The van der Waals surface area contributed by atoms with Crippen molar-refractivity contribution < 1.29 is 5.21 Å². The van der Waals surface area contributed by atoms with Gasteiger partial charge in [-0.3, -0.25) is 0 Å². The maximum Gasteiger partial charge on any atom is 0.142 e. The molecule has 0 amide bonds. The van der Waals surface area contributed by atoms with E-state index in [-0.39, 0.29) is 0 Å². The number of nitrogens with zero attached hydrogens (tertiary/aromatic N) is 3. The van der Waals surface area contributed by atoms with Gasteiger partial charge >= 0.3 is 0 Å². The van der Waals surface area contributed by atoms with Crippen LogP contribution in [-0.4, -0.2) is 21.2 Å². The molecule has 0 aliphatic rings. The van der Waals surface area contributed by atoms with Crippen LogP contribution < -0.4 is 0 Å². The Bertz CT molecular complexity index is 563. The summed E-state index contributed by atoms with van der Waals surface area (Å²) in [5.74, 6) is 0. The molecule has 88 valence electrons. The zero-order valence-electron chi connectivity index (χ0n) is 8.93. The SMILES string of the molecule is Cc1nn(-c2ccc(Br)cc2)c(Cl)c1/C=N/O. The van der Waals surface area contributed by atoms with Crippen molar-refractivity contribution in [2.24, 2.45) is 5.16 Å². The van der Waals surface area contributed by atoms with Crippen LogP contribution in [0.1, 0.15) is 11.3 Å². The van der Waals surface area contributed by atoms with E-state index in [2.05, 4.69) is 26.2 Å². The van der Waals surface area contributed by atoms with Gasteiger partial charge in [0.05, 0.1) is 23.2 Å². The molecule has 0 saturated heterocycles. The summed E-state index contributed by atoms with van der Waals surface area (Å²) >= 11 is 9.53. The summed E-state index contributed by atoms with van der Waals surface area (Å²) in [6, 6.07) is 7.59. The van der Waals surface area contributed by atoms with Gasteiger partial charge in [-0.25, -0.2) is 4.68 Å². The summed E-state index contributed by atoms with van der Waals surface area (Å²) in [6.07, 6.45) is 1.28. The Kier molecular flexibility index (Phi) is 3.49. The molecule has 1 aromatic carbocycles. The van der Waals surface area contributed by atoms with E-state index >= 15 is 0 Å². The minimum atomic E-state index is 0.419. The molecule has 6 heteroatoms. The van der Waals surface area contributed by atoms with Gasteiger partial charge in [0.25, 0.3) is 0 Å². The van der Waals surface area contributed by atoms with Crippen LogP contribution in [0, 0.1) is 6.92 Å². The van der Waals surface area contributed by atoms with Gasteiger partial charge in [-0.05, 0) is 31.2 Å². The zero-order valence-corrected chi connectivity index (χ0v) is 11.3. The predicted molar refractivity (Wildman–Crippen MR) is 70.4 cm³/mol. The van der Waals surface area contributed by atoms with Crippen LogP contribution in [0.15, 0.2) is 33.9 Å². The second kappa shape index (κ2) is 4.89. The standard InChI is InChI=1S/C11H9BrClN3O/c1-7-10(6-14-17)11(13)16(15-7)9-4-2-8(12)3-5-9/h2-6,17H,1H3/b14-6+. The van der Waals surface area contributed by atoms with Gasteiger partial charge in [-0.1, -0.05) is 32.7 Å². The molecular formula is C11H9BrClN3O. The molecule has 17 heavy (non-hydrogen) atoms. The Hall–Kier alpha value is -1.33. The quantitative estimate of drug-likeness (QED) is 0.525. The minimum Gasteiger partial charge on any atom is -0.411 e. The third-order valence-corrected chi connectivity index (χ3v) is 3.20. The van der Waals surface area contributed by atoms with Crippen molar-refractivity contribution in [1.82, 2.24) is 9.78 Å². The lowest BCUT2D eigenvalue weighted by molar-refractivity contribution is 0.322. The van der Waals surface area contributed by atoms with Crippen molar-refractivity contribution >= 4 is 33.7 Å². The molecule has 1 aromatic heterocycles. The Balaban J connectivity index is 2.53. The number of aryl methyl sites for hydroxylation is 1. The first-order valence-corrected chi connectivity index (χ1v) is 5.99. The van der Waals surface area contributed by atoms with Crippen LogP contribution in [-0.2, 0) is 0 Å². The van der Waals surface area contributed by atoms with Crippen molar-refractivity contribution in [3.63, 3.8) is 0 Å². The normalized spacial score (nSPS) is 11.2. The van der Waals surface area contributed by atoms with Gasteiger partial charge in [0.2, 0.25) is 0 Å². The highest BCUT2D eigenvalue weighted by Crippen LogP contribution is 2.23. The summed E-state index contributed by atoms with van der Waals surface area (Å²) in [6.45, 7) is 1.80. The molecule has 0 spiro atoms. The summed E-state index contributed by atoms with van der Waals surface area (Å²) in [5, 5.41) is 16.2. The lowest BCUT2D eigenvalue weighted by atomic mass is 10.3. The molecule has 4 nitrogen and oxygen atoms in total. The van der Waals surface area contributed by atoms with Crippen LogP contribution in [0.3, 0.4) is 0 Å². The molecule has 2 rings (SSSR count). The minimum absolute atomic E-state index is 0.419. The summed E-state index contributed by atoms with van der Waals surface area (Å²) in [4.78, 5) is 0. The van der Waals surface area contributed by atoms with Gasteiger partial charge in [-0.2, -0.15) is 5.10 Å². The second-order valence-electron chi connectivity index (χ2n) is 3.42. The number of rotatable bonds is 2. The molecule has 0 fully saturated rings. The molecule has 0 radical (unpaired) electrons. The highest BCUT2D eigenvalue weighted by atomic mass is 79.9. The zero-order chi connectivity index (χ0) is 12.4. The first-order chi connectivity index (χ1) is 8.13. The third kappa shape index (κ3) is 2.35. The molecule has 0 unspecified atom stereocenters. The molecular weight excluding hydrogens is 305 g/mol. The van der Waals surface area contributed by atoms with Gasteiger partial charge < -0.3 is 5.21 Å². The van der Waals surface area contributed by atoms with E-state index in [9.17, 15) is 0 Å². The molecule has 2 aromatic rings. The van der Waals surface area contributed by atoms with E-state index in [4.69, 9.17) is 16.8 Å². The smallest absolute Gasteiger partial charge is 0.142 e. The number of halogens is 2. The monoisotopic (exact) mass is 313 g/mol. The van der Waals surface area contributed by atoms with E-state index in [1.165, 1.54) is 6.21 Å². The number of aromatic nitrogens is 2. The fourth-order valence-corrected chi connectivity index (χ4v) is 2.05. The Morgan fingerprint density at radius 3 is 2.65 bits per heavy atom. The Morgan fingerprint density at radius 2 is 2.06 bits per heavy atom. The summed E-state index contributed by atoms with van der Waals surface area (Å²) in [7, 11) is 0. The van der Waals surface area contributed by atoms with Crippen molar-refractivity contribution in [3.8, 4) is 5.69 Å². The van der Waals surface area contributed by atoms with E-state index < -0.39 is 0 Å². The van der Waals surface area contributed by atoms with E-state index in [1.807, 2.05) is 24.3 Å². The Morgan fingerprint density at radius 1 is 1.41 bits per heavy atom. The largest absolute Gasteiger partial charge is 0.411 e. The molecule has 1 N–H and O–H groups in total. The third-order valence-electron chi connectivity index (χ3n) is 2.31. The van der Waals surface area contributed by atoms with E-state index in [1.54, 1.807) is 11.6 Å². The fraction of sp³-hybridized carbons (Fsp3) is 0.0909. The van der Waals surface area contributed by atoms with Gasteiger partial charge in [0, 0.05) is 4.47 Å². The van der Waals surface area contributed by atoms with Gasteiger partial charge in [0.15, 0.2) is 0 Å². The van der Waals surface area contributed by atoms with Crippen molar-refractivity contribution in [3.05, 3.63) is 45.1 Å². The molecule has 0 saturated carbocycles. The number of hydrogen-bond acceptors (Lipinski definition) is 3. The van der Waals surface area contributed by atoms with E-state index in [0.29, 0.717) is 16.4 Å². The molecule has 0 atom stereocenters.